The first-order valence-electron chi connectivity index (χ1n) is 6.65. The number of hydrogen-bond acceptors (Lipinski definition) is 2. The predicted octanol–water partition coefficient (Wildman–Crippen LogP) is 3.51. The summed E-state index contributed by atoms with van der Waals surface area (Å²) < 4.78 is 1.79. The van der Waals surface area contributed by atoms with Gasteiger partial charge in [-0.15, -0.1) is 0 Å². The molecular formula is C15H20N2O2. The average molecular weight is 260 g/mol. The van der Waals surface area contributed by atoms with Crippen LogP contribution in [0.2, 0.25) is 0 Å². The second-order valence-electron chi connectivity index (χ2n) is 5.60. The van der Waals surface area contributed by atoms with E-state index in [2.05, 4.69) is 18.9 Å². The smallest absolute Gasteiger partial charge is 0.357 e. The third kappa shape index (κ3) is 2.48. The molecule has 1 N–H and O–H groups in total. The summed E-state index contributed by atoms with van der Waals surface area (Å²) in [7, 11) is 0. The lowest BCUT2D eigenvalue weighted by Gasteiger charge is -2.09. The Hall–Kier alpha value is -1.84. The van der Waals surface area contributed by atoms with Crippen LogP contribution in [0, 0.1) is 5.92 Å². The highest BCUT2D eigenvalue weighted by molar-refractivity contribution is 6.02. The number of carboxylic acid groups (broad SMARTS) is 1. The van der Waals surface area contributed by atoms with Gasteiger partial charge in [0.25, 0.3) is 0 Å². The number of aromatic nitrogens is 2. The van der Waals surface area contributed by atoms with E-state index in [-0.39, 0.29) is 11.7 Å². The Kier molecular flexibility index (Phi) is 3.60. The quantitative estimate of drug-likeness (QED) is 0.915. The zero-order valence-corrected chi connectivity index (χ0v) is 11.8. The van der Waals surface area contributed by atoms with Gasteiger partial charge < -0.3 is 5.11 Å². The molecule has 102 valence electrons. The number of fused-ring (bicyclic) bond motifs is 1. The Morgan fingerprint density at radius 1 is 1.32 bits per heavy atom. The minimum absolute atomic E-state index is 0.143. The number of hydrogen-bond donors (Lipinski definition) is 1. The van der Waals surface area contributed by atoms with Gasteiger partial charge in [0.1, 0.15) is 0 Å². The number of aromatic carboxylic acids is 1. The maximum atomic E-state index is 11.4. The van der Waals surface area contributed by atoms with Crippen LogP contribution in [0.25, 0.3) is 10.9 Å². The van der Waals surface area contributed by atoms with E-state index >= 15 is 0 Å². The summed E-state index contributed by atoms with van der Waals surface area (Å²) >= 11 is 0. The van der Waals surface area contributed by atoms with Crippen molar-refractivity contribution in [3.05, 3.63) is 29.5 Å². The van der Waals surface area contributed by atoms with Crippen molar-refractivity contribution in [1.29, 1.82) is 0 Å². The van der Waals surface area contributed by atoms with E-state index in [0.29, 0.717) is 5.92 Å². The molecule has 1 heterocycles. The van der Waals surface area contributed by atoms with Crippen LogP contribution in [-0.4, -0.2) is 20.9 Å². The Labute approximate surface area is 113 Å². The first-order valence-corrected chi connectivity index (χ1v) is 6.65. The molecule has 4 heteroatoms. The Morgan fingerprint density at radius 3 is 2.53 bits per heavy atom. The second kappa shape index (κ2) is 5.03. The van der Waals surface area contributed by atoms with Crippen LogP contribution in [0.4, 0.5) is 0 Å². The summed E-state index contributed by atoms with van der Waals surface area (Å²) in [5.74, 6) is -0.477. The van der Waals surface area contributed by atoms with Crippen LogP contribution >= 0.6 is 0 Å². The molecule has 0 amide bonds. The monoisotopic (exact) mass is 260 g/mol. The minimum atomic E-state index is -0.958. The standard InChI is InChI=1S/C15H20N2O2/c1-9(2)8-11-6-5-7-12-13(11)14(15(18)19)16-17(12)10(3)4/h5-7,9-10H,8H2,1-4H3,(H,18,19). The highest BCUT2D eigenvalue weighted by Crippen LogP contribution is 2.27. The van der Waals surface area contributed by atoms with Gasteiger partial charge in [-0.3, -0.25) is 4.68 Å². The van der Waals surface area contributed by atoms with Crippen LogP contribution in [-0.2, 0) is 6.42 Å². The topological polar surface area (TPSA) is 55.1 Å². The lowest BCUT2D eigenvalue weighted by atomic mass is 9.98. The molecule has 2 rings (SSSR count). The Morgan fingerprint density at radius 2 is 2.00 bits per heavy atom. The van der Waals surface area contributed by atoms with Crippen molar-refractivity contribution in [2.75, 3.05) is 0 Å². The van der Waals surface area contributed by atoms with Gasteiger partial charge >= 0.3 is 5.97 Å². The SMILES string of the molecule is CC(C)Cc1cccc2c1c(C(=O)O)nn2C(C)C. The zero-order chi connectivity index (χ0) is 14.2. The number of benzene rings is 1. The van der Waals surface area contributed by atoms with Crippen molar-refractivity contribution in [2.24, 2.45) is 5.92 Å². The Balaban J connectivity index is 2.75. The molecule has 2 aromatic rings. The number of rotatable bonds is 4. The van der Waals surface area contributed by atoms with Crippen molar-refractivity contribution < 1.29 is 9.90 Å². The third-order valence-corrected chi connectivity index (χ3v) is 3.14. The minimum Gasteiger partial charge on any atom is -0.476 e. The summed E-state index contributed by atoms with van der Waals surface area (Å²) in [6.45, 7) is 8.28. The lowest BCUT2D eigenvalue weighted by molar-refractivity contribution is 0.0691. The van der Waals surface area contributed by atoms with Crippen molar-refractivity contribution in [1.82, 2.24) is 9.78 Å². The van der Waals surface area contributed by atoms with Gasteiger partial charge in [0.05, 0.1) is 5.52 Å². The van der Waals surface area contributed by atoms with E-state index in [1.807, 2.05) is 32.0 Å². The molecule has 0 aliphatic carbocycles. The van der Waals surface area contributed by atoms with E-state index < -0.39 is 5.97 Å². The second-order valence-corrected chi connectivity index (χ2v) is 5.60. The fraction of sp³-hybridized carbons (Fsp3) is 0.467. The van der Waals surface area contributed by atoms with Gasteiger partial charge in [-0.25, -0.2) is 4.79 Å². The van der Waals surface area contributed by atoms with E-state index in [0.717, 1.165) is 22.9 Å². The van der Waals surface area contributed by atoms with Crippen molar-refractivity contribution in [3.63, 3.8) is 0 Å². The first kappa shape index (κ1) is 13.6. The maximum Gasteiger partial charge on any atom is 0.357 e. The normalized spacial score (nSPS) is 11.7. The van der Waals surface area contributed by atoms with Crippen molar-refractivity contribution in [3.8, 4) is 0 Å². The number of nitrogens with zero attached hydrogens (tertiary/aromatic N) is 2. The zero-order valence-electron chi connectivity index (χ0n) is 11.8. The number of carbonyl (C=O) groups is 1. The van der Waals surface area contributed by atoms with Crippen molar-refractivity contribution >= 4 is 16.9 Å². The van der Waals surface area contributed by atoms with Gasteiger partial charge in [-0.2, -0.15) is 5.10 Å². The van der Waals surface area contributed by atoms with Gasteiger partial charge in [0, 0.05) is 11.4 Å². The van der Waals surface area contributed by atoms with Gasteiger partial charge in [-0.1, -0.05) is 26.0 Å². The molecule has 0 unspecified atom stereocenters. The number of carboxylic acids is 1. The summed E-state index contributed by atoms with van der Waals surface area (Å²) in [6, 6.07) is 6.07. The highest BCUT2D eigenvalue weighted by Gasteiger charge is 2.20. The van der Waals surface area contributed by atoms with E-state index in [4.69, 9.17) is 0 Å². The average Bonchev–Trinajstić information content (AvgIpc) is 2.68. The molecular weight excluding hydrogens is 240 g/mol. The Bertz CT molecular complexity index is 612. The molecule has 0 aliphatic rings. The summed E-state index contributed by atoms with van der Waals surface area (Å²) in [5, 5.41) is 14.4. The first-order chi connectivity index (χ1) is 8.91. The molecule has 4 nitrogen and oxygen atoms in total. The third-order valence-electron chi connectivity index (χ3n) is 3.14. The van der Waals surface area contributed by atoms with Crippen LogP contribution in [0.5, 0.6) is 0 Å². The maximum absolute atomic E-state index is 11.4. The van der Waals surface area contributed by atoms with Gasteiger partial charge in [0.15, 0.2) is 5.69 Å². The van der Waals surface area contributed by atoms with E-state index in [1.54, 1.807) is 4.68 Å². The van der Waals surface area contributed by atoms with Crippen LogP contribution in [0.3, 0.4) is 0 Å². The van der Waals surface area contributed by atoms with Crippen LogP contribution in [0.1, 0.15) is 49.8 Å². The lowest BCUT2D eigenvalue weighted by Crippen LogP contribution is -2.05. The molecule has 0 bridgehead atoms. The fourth-order valence-corrected chi connectivity index (χ4v) is 2.42. The molecule has 1 aromatic carbocycles. The highest BCUT2D eigenvalue weighted by atomic mass is 16.4. The molecule has 0 fully saturated rings. The van der Waals surface area contributed by atoms with Gasteiger partial charge in [-0.05, 0) is 37.8 Å². The molecule has 0 atom stereocenters. The van der Waals surface area contributed by atoms with E-state index in [9.17, 15) is 9.90 Å². The molecule has 0 saturated heterocycles. The van der Waals surface area contributed by atoms with Crippen LogP contribution in [0.15, 0.2) is 18.2 Å². The molecule has 0 aliphatic heterocycles. The predicted molar refractivity (Wildman–Crippen MR) is 75.6 cm³/mol. The summed E-state index contributed by atoms with van der Waals surface area (Å²) in [6.07, 6.45) is 0.863. The summed E-state index contributed by atoms with van der Waals surface area (Å²) in [4.78, 5) is 11.4. The van der Waals surface area contributed by atoms with Crippen molar-refractivity contribution in [2.45, 2.75) is 40.2 Å². The molecule has 19 heavy (non-hydrogen) atoms. The molecule has 0 spiro atoms. The largest absolute Gasteiger partial charge is 0.476 e. The molecule has 0 radical (unpaired) electrons. The van der Waals surface area contributed by atoms with Crippen LogP contribution < -0.4 is 0 Å². The molecule has 0 saturated carbocycles. The van der Waals surface area contributed by atoms with Gasteiger partial charge in [0.2, 0.25) is 0 Å². The summed E-state index contributed by atoms with van der Waals surface area (Å²) in [5.41, 5.74) is 2.14. The fourth-order valence-electron chi connectivity index (χ4n) is 2.42. The van der Waals surface area contributed by atoms with E-state index in [1.165, 1.54) is 0 Å². The molecule has 1 aromatic heterocycles.